The number of hydrogen-bond acceptors (Lipinski definition) is 4. The van der Waals surface area contributed by atoms with E-state index in [4.69, 9.17) is 0 Å². The topological polar surface area (TPSA) is 58.2 Å². The van der Waals surface area contributed by atoms with Crippen LogP contribution in [0, 0.1) is 5.92 Å². The van der Waals surface area contributed by atoms with Crippen molar-refractivity contribution in [3.05, 3.63) is 17.0 Å². The van der Waals surface area contributed by atoms with Crippen molar-refractivity contribution in [1.29, 1.82) is 0 Å². The third kappa shape index (κ3) is 4.05. The van der Waals surface area contributed by atoms with E-state index in [9.17, 15) is 8.42 Å². The van der Waals surface area contributed by atoms with Crippen molar-refractivity contribution in [2.24, 2.45) is 5.92 Å². The third-order valence-electron chi connectivity index (χ3n) is 2.73. The van der Waals surface area contributed by atoms with Crippen molar-refractivity contribution in [3.8, 4) is 0 Å². The van der Waals surface area contributed by atoms with Crippen molar-refractivity contribution in [2.45, 2.75) is 43.5 Å². The Labute approximate surface area is 113 Å². The van der Waals surface area contributed by atoms with Crippen LogP contribution in [0.25, 0.3) is 0 Å². The summed E-state index contributed by atoms with van der Waals surface area (Å²) in [5, 5.41) is 3.38. The summed E-state index contributed by atoms with van der Waals surface area (Å²) in [4.78, 5) is 1.08. The minimum absolute atomic E-state index is 0.316. The molecule has 0 spiro atoms. The van der Waals surface area contributed by atoms with Crippen LogP contribution in [0.3, 0.4) is 0 Å². The van der Waals surface area contributed by atoms with Gasteiger partial charge in [-0.2, -0.15) is 0 Å². The fraction of sp³-hybridized carbons (Fsp3) is 0.667. The maximum atomic E-state index is 12.0. The summed E-state index contributed by atoms with van der Waals surface area (Å²) in [7, 11) is -3.32. The van der Waals surface area contributed by atoms with E-state index < -0.39 is 10.0 Å². The lowest BCUT2D eigenvalue weighted by molar-refractivity contribution is 0.562. The molecule has 1 fully saturated rings. The molecule has 0 saturated heterocycles. The Hall–Kier alpha value is -0.430. The molecule has 0 aliphatic heterocycles. The van der Waals surface area contributed by atoms with E-state index in [1.54, 1.807) is 6.07 Å². The zero-order chi connectivity index (χ0) is 13.2. The lowest BCUT2D eigenvalue weighted by atomic mass is 10.2. The van der Waals surface area contributed by atoms with E-state index in [1.807, 2.05) is 19.9 Å². The molecule has 1 heterocycles. The highest BCUT2D eigenvalue weighted by Crippen LogP contribution is 2.24. The van der Waals surface area contributed by atoms with Gasteiger partial charge >= 0.3 is 0 Å². The van der Waals surface area contributed by atoms with Crippen LogP contribution in [0.2, 0.25) is 0 Å². The first-order valence-corrected chi connectivity index (χ1v) is 8.59. The predicted molar refractivity (Wildman–Crippen MR) is 74.2 cm³/mol. The molecule has 0 radical (unpaired) electrons. The lowest BCUT2D eigenvalue weighted by Crippen LogP contribution is -2.26. The Morgan fingerprint density at radius 1 is 1.39 bits per heavy atom. The predicted octanol–water partition coefficient (Wildman–Crippen LogP) is 1.93. The zero-order valence-electron chi connectivity index (χ0n) is 10.8. The molecule has 1 aliphatic carbocycles. The van der Waals surface area contributed by atoms with Crippen LogP contribution in [0.5, 0.6) is 0 Å². The van der Waals surface area contributed by atoms with E-state index in [-0.39, 0.29) is 0 Å². The first-order valence-electron chi connectivity index (χ1n) is 6.29. The Morgan fingerprint density at radius 3 is 2.72 bits per heavy atom. The van der Waals surface area contributed by atoms with Gasteiger partial charge in [0.05, 0.1) is 0 Å². The minimum atomic E-state index is -3.32. The maximum Gasteiger partial charge on any atom is 0.250 e. The molecule has 4 nitrogen and oxygen atoms in total. The Balaban J connectivity index is 1.94. The van der Waals surface area contributed by atoms with Crippen molar-refractivity contribution >= 4 is 21.4 Å². The SMILES string of the molecule is CC(C)CNS(=O)(=O)c1ccc(CNC2CC2)s1. The smallest absolute Gasteiger partial charge is 0.250 e. The summed E-state index contributed by atoms with van der Waals surface area (Å²) >= 11 is 1.35. The number of hydrogen-bond donors (Lipinski definition) is 2. The molecule has 1 aromatic rings. The second-order valence-corrected chi connectivity index (χ2v) is 8.28. The molecule has 18 heavy (non-hydrogen) atoms. The van der Waals surface area contributed by atoms with Gasteiger partial charge in [0.25, 0.3) is 0 Å². The molecule has 1 saturated carbocycles. The quantitative estimate of drug-likeness (QED) is 0.806. The normalized spacial score (nSPS) is 16.4. The van der Waals surface area contributed by atoms with Crippen LogP contribution in [0.15, 0.2) is 16.3 Å². The number of sulfonamides is 1. The summed E-state index contributed by atoms with van der Waals surface area (Å²) < 4.78 is 27.0. The Kier molecular flexibility index (Phi) is 4.42. The molecule has 2 rings (SSSR count). The first-order chi connectivity index (χ1) is 8.47. The maximum absolute atomic E-state index is 12.0. The molecule has 0 atom stereocenters. The van der Waals surface area contributed by atoms with Gasteiger partial charge in [0.1, 0.15) is 4.21 Å². The van der Waals surface area contributed by atoms with Gasteiger partial charge in [-0.15, -0.1) is 11.3 Å². The van der Waals surface area contributed by atoms with E-state index >= 15 is 0 Å². The van der Waals surface area contributed by atoms with E-state index in [2.05, 4.69) is 10.0 Å². The van der Waals surface area contributed by atoms with Crippen molar-refractivity contribution in [3.63, 3.8) is 0 Å². The highest BCUT2D eigenvalue weighted by molar-refractivity contribution is 7.91. The van der Waals surface area contributed by atoms with Gasteiger partial charge in [-0.05, 0) is 30.9 Å². The molecule has 2 N–H and O–H groups in total. The average molecular weight is 288 g/mol. The van der Waals surface area contributed by atoms with Crippen molar-refractivity contribution < 1.29 is 8.42 Å². The first kappa shape index (κ1) is 14.0. The van der Waals surface area contributed by atoms with E-state index in [0.29, 0.717) is 22.7 Å². The molecule has 0 unspecified atom stereocenters. The largest absolute Gasteiger partial charge is 0.309 e. The summed E-state index contributed by atoms with van der Waals surface area (Å²) in [6.07, 6.45) is 2.49. The van der Waals surface area contributed by atoms with Crippen LogP contribution in [-0.4, -0.2) is 21.0 Å². The minimum Gasteiger partial charge on any atom is -0.309 e. The Bertz CT molecular complexity index is 490. The number of nitrogens with one attached hydrogen (secondary N) is 2. The fourth-order valence-corrected chi connectivity index (χ4v) is 4.04. The molecule has 6 heteroatoms. The molecule has 102 valence electrons. The van der Waals surface area contributed by atoms with Crippen LogP contribution in [0.4, 0.5) is 0 Å². The van der Waals surface area contributed by atoms with E-state index in [1.165, 1.54) is 24.2 Å². The van der Waals surface area contributed by atoms with Gasteiger partial charge in [0.15, 0.2) is 0 Å². The van der Waals surface area contributed by atoms with Gasteiger partial charge < -0.3 is 5.32 Å². The average Bonchev–Trinajstić information content (AvgIpc) is 3.00. The van der Waals surface area contributed by atoms with Gasteiger partial charge in [-0.1, -0.05) is 13.8 Å². The highest BCUT2D eigenvalue weighted by atomic mass is 32.2. The molecule has 0 bridgehead atoms. The van der Waals surface area contributed by atoms with E-state index in [0.717, 1.165) is 11.4 Å². The zero-order valence-corrected chi connectivity index (χ0v) is 12.4. The summed E-state index contributed by atoms with van der Waals surface area (Å²) in [5.74, 6) is 0.316. The van der Waals surface area contributed by atoms with Crippen molar-refractivity contribution in [1.82, 2.24) is 10.0 Å². The van der Waals surface area contributed by atoms with Crippen LogP contribution in [0.1, 0.15) is 31.6 Å². The second-order valence-electron chi connectivity index (χ2n) is 5.12. The monoisotopic (exact) mass is 288 g/mol. The standard InChI is InChI=1S/C12H20N2O2S2/c1-9(2)7-14-18(15,16)12-6-5-11(17-12)8-13-10-3-4-10/h5-6,9-10,13-14H,3-4,7-8H2,1-2H3. The van der Waals surface area contributed by atoms with Gasteiger partial charge in [0, 0.05) is 24.0 Å². The molecule has 1 aromatic heterocycles. The summed E-state index contributed by atoms with van der Waals surface area (Å²) in [5.41, 5.74) is 0. The van der Waals surface area contributed by atoms with Crippen LogP contribution in [-0.2, 0) is 16.6 Å². The van der Waals surface area contributed by atoms with Gasteiger partial charge in [-0.3, -0.25) is 0 Å². The number of rotatable bonds is 7. The molecule has 1 aliphatic rings. The van der Waals surface area contributed by atoms with Crippen molar-refractivity contribution in [2.75, 3.05) is 6.54 Å². The molecular formula is C12H20N2O2S2. The van der Waals surface area contributed by atoms with Gasteiger partial charge in [-0.25, -0.2) is 13.1 Å². The number of thiophene rings is 1. The third-order valence-corrected chi connectivity index (χ3v) is 5.73. The van der Waals surface area contributed by atoms with Crippen LogP contribution >= 0.6 is 11.3 Å². The summed E-state index contributed by atoms with van der Waals surface area (Å²) in [6, 6.07) is 4.23. The highest BCUT2D eigenvalue weighted by Gasteiger charge is 2.21. The molecule has 0 amide bonds. The molecule has 0 aromatic carbocycles. The molecular weight excluding hydrogens is 268 g/mol. The fourth-order valence-electron chi connectivity index (χ4n) is 1.48. The van der Waals surface area contributed by atoms with Crippen LogP contribution < -0.4 is 10.0 Å². The summed E-state index contributed by atoms with van der Waals surface area (Å²) in [6.45, 7) is 5.23. The lowest BCUT2D eigenvalue weighted by Gasteiger charge is -2.06. The Morgan fingerprint density at radius 2 is 2.11 bits per heavy atom. The second kappa shape index (κ2) is 5.69. The van der Waals surface area contributed by atoms with Gasteiger partial charge in [0.2, 0.25) is 10.0 Å².